The van der Waals surface area contributed by atoms with E-state index in [4.69, 9.17) is 16.3 Å². The smallest absolute Gasteiger partial charge is 0.211 e. The molecule has 0 heterocycles. The van der Waals surface area contributed by atoms with Crippen molar-refractivity contribution in [3.63, 3.8) is 0 Å². The van der Waals surface area contributed by atoms with Gasteiger partial charge in [-0.2, -0.15) is 0 Å². The molecule has 0 saturated carbocycles. The van der Waals surface area contributed by atoms with Crippen LogP contribution in [0.25, 0.3) is 0 Å². The first kappa shape index (κ1) is 16.2. The van der Waals surface area contributed by atoms with Gasteiger partial charge in [-0.15, -0.1) is 11.6 Å². The number of hydrogen-bond donors (Lipinski definition) is 1. The Balaban J connectivity index is 3.43. The average molecular weight is 272 g/mol. The molecule has 98 valence electrons. The van der Waals surface area contributed by atoms with Gasteiger partial charge < -0.3 is 4.74 Å². The number of sulfonamides is 1. The molecular formula is C10H22ClNO3S. The van der Waals surface area contributed by atoms with E-state index in [9.17, 15) is 8.42 Å². The highest BCUT2D eigenvalue weighted by Gasteiger charge is 2.07. The number of unbranched alkanes of at least 4 members (excludes halogenated alkanes) is 3. The van der Waals surface area contributed by atoms with Crippen LogP contribution < -0.4 is 4.72 Å². The summed E-state index contributed by atoms with van der Waals surface area (Å²) in [4.78, 5) is 0. The van der Waals surface area contributed by atoms with Gasteiger partial charge in [0.25, 0.3) is 0 Å². The number of rotatable bonds is 11. The SMILES string of the molecule is COCCCCCNS(=O)(=O)CCCCCl. The molecule has 0 aromatic carbocycles. The van der Waals surface area contributed by atoms with Crippen molar-refractivity contribution in [1.82, 2.24) is 4.72 Å². The number of ether oxygens (including phenoxy) is 1. The molecular weight excluding hydrogens is 250 g/mol. The summed E-state index contributed by atoms with van der Waals surface area (Å²) in [5, 5.41) is 0. The Morgan fingerprint density at radius 2 is 1.88 bits per heavy atom. The second-order valence-electron chi connectivity index (χ2n) is 3.66. The first-order chi connectivity index (χ1) is 7.62. The van der Waals surface area contributed by atoms with Gasteiger partial charge in [-0.05, 0) is 32.1 Å². The van der Waals surface area contributed by atoms with Gasteiger partial charge in [0.2, 0.25) is 10.0 Å². The lowest BCUT2D eigenvalue weighted by Gasteiger charge is -2.05. The summed E-state index contributed by atoms with van der Waals surface area (Å²) in [6, 6.07) is 0. The summed E-state index contributed by atoms with van der Waals surface area (Å²) in [5.41, 5.74) is 0. The lowest BCUT2D eigenvalue weighted by atomic mass is 10.2. The molecule has 0 aromatic heterocycles. The maximum absolute atomic E-state index is 11.4. The Morgan fingerprint density at radius 1 is 1.12 bits per heavy atom. The largest absolute Gasteiger partial charge is 0.385 e. The van der Waals surface area contributed by atoms with Crippen LogP contribution in [0, 0.1) is 0 Å². The third-order valence-electron chi connectivity index (χ3n) is 2.14. The topological polar surface area (TPSA) is 55.4 Å². The first-order valence-electron chi connectivity index (χ1n) is 5.64. The van der Waals surface area contributed by atoms with Gasteiger partial charge >= 0.3 is 0 Å². The zero-order valence-corrected chi connectivity index (χ0v) is 11.4. The second kappa shape index (κ2) is 10.3. The van der Waals surface area contributed by atoms with Crippen LogP contribution >= 0.6 is 11.6 Å². The normalized spacial score (nSPS) is 11.9. The van der Waals surface area contributed by atoms with Crippen LogP contribution in [0.1, 0.15) is 32.1 Å². The van der Waals surface area contributed by atoms with E-state index in [1.54, 1.807) is 7.11 Å². The lowest BCUT2D eigenvalue weighted by Crippen LogP contribution is -2.27. The Labute approximate surface area is 104 Å². The van der Waals surface area contributed by atoms with Gasteiger partial charge in [0.15, 0.2) is 0 Å². The number of halogens is 1. The summed E-state index contributed by atoms with van der Waals surface area (Å²) in [5.74, 6) is 0.699. The van der Waals surface area contributed by atoms with Crippen molar-refractivity contribution in [3.05, 3.63) is 0 Å². The Morgan fingerprint density at radius 3 is 2.50 bits per heavy atom. The molecule has 0 radical (unpaired) electrons. The molecule has 0 saturated heterocycles. The molecule has 0 aliphatic heterocycles. The van der Waals surface area contributed by atoms with E-state index in [1.165, 1.54) is 0 Å². The summed E-state index contributed by atoms with van der Waals surface area (Å²) in [7, 11) is -1.42. The van der Waals surface area contributed by atoms with E-state index in [1.807, 2.05) is 0 Å². The van der Waals surface area contributed by atoms with Crippen LogP contribution in [0.4, 0.5) is 0 Å². The highest BCUT2D eigenvalue weighted by atomic mass is 35.5. The minimum absolute atomic E-state index is 0.178. The number of nitrogens with one attached hydrogen (secondary N) is 1. The zero-order chi connectivity index (χ0) is 12.3. The molecule has 6 heteroatoms. The molecule has 0 aliphatic rings. The maximum atomic E-state index is 11.4. The van der Waals surface area contributed by atoms with Crippen molar-refractivity contribution in [2.24, 2.45) is 0 Å². The van der Waals surface area contributed by atoms with Gasteiger partial charge in [-0.3, -0.25) is 0 Å². The van der Waals surface area contributed by atoms with Crippen molar-refractivity contribution in [2.45, 2.75) is 32.1 Å². The van der Waals surface area contributed by atoms with Crippen LogP contribution in [0.15, 0.2) is 0 Å². The van der Waals surface area contributed by atoms with E-state index in [0.717, 1.165) is 32.3 Å². The van der Waals surface area contributed by atoms with Crippen LogP contribution in [-0.4, -0.2) is 40.3 Å². The molecule has 0 rings (SSSR count). The summed E-state index contributed by atoms with van der Waals surface area (Å²) >= 11 is 5.48. The molecule has 0 unspecified atom stereocenters. The molecule has 0 amide bonds. The molecule has 1 N–H and O–H groups in total. The Kier molecular flexibility index (Phi) is 10.4. The van der Waals surface area contributed by atoms with Crippen molar-refractivity contribution in [3.8, 4) is 0 Å². The predicted octanol–water partition coefficient (Wildman–Crippen LogP) is 1.74. The van der Waals surface area contributed by atoms with Gasteiger partial charge in [-0.1, -0.05) is 0 Å². The van der Waals surface area contributed by atoms with Crippen molar-refractivity contribution < 1.29 is 13.2 Å². The van der Waals surface area contributed by atoms with Gasteiger partial charge in [0.05, 0.1) is 5.75 Å². The van der Waals surface area contributed by atoms with E-state index in [-0.39, 0.29) is 5.75 Å². The molecule has 16 heavy (non-hydrogen) atoms. The van der Waals surface area contributed by atoms with Crippen LogP contribution in [0.5, 0.6) is 0 Å². The van der Waals surface area contributed by atoms with Gasteiger partial charge in [0, 0.05) is 26.1 Å². The maximum Gasteiger partial charge on any atom is 0.211 e. The number of methoxy groups -OCH3 is 1. The third-order valence-corrected chi connectivity index (χ3v) is 3.88. The molecule has 0 aromatic rings. The van der Waals surface area contributed by atoms with E-state index < -0.39 is 10.0 Å². The minimum Gasteiger partial charge on any atom is -0.385 e. The molecule has 0 bridgehead atoms. The fourth-order valence-electron chi connectivity index (χ4n) is 1.23. The molecule has 4 nitrogen and oxygen atoms in total. The zero-order valence-electron chi connectivity index (χ0n) is 9.87. The number of hydrogen-bond acceptors (Lipinski definition) is 3. The molecule has 0 fully saturated rings. The molecule has 0 aliphatic carbocycles. The van der Waals surface area contributed by atoms with Crippen LogP contribution in [0.2, 0.25) is 0 Å². The van der Waals surface area contributed by atoms with E-state index in [2.05, 4.69) is 4.72 Å². The average Bonchev–Trinajstić information content (AvgIpc) is 2.23. The molecule has 0 spiro atoms. The minimum atomic E-state index is -3.09. The lowest BCUT2D eigenvalue weighted by molar-refractivity contribution is 0.192. The van der Waals surface area contributed by atoms with E-state index >= 15 is 0 Å². The first-order valence-corrected chi connectivity index (χ1v) is 7.83. The van der Waals surface area contributed by atoms with Crippen molar-refractivity contribution in [2.75, 3.05) is 31.9 Å². The summed E-state index contributed by atoms with van der Waals surface area (Å²) < 4.78 is 30.3. The highest BCUT2D eigenvalue weighted by Crippen LogP contribution is 1.98. The van der Waals surface area contributed by atoms with E-state index in [0.29, 0.717) is 18.8 Å². The third kappa shape index (κ3) is 10.7. The molecule has 0 atom stereocenters. The van der Waals surface area contributed by atoms with Gasteiger partial charge in [-0.25, -0.2) is 13.1 Å². The van der Waals surface area contributed by atoms with Crippen molar-refractivity contribution in [1.29, 1.82) is 0 Å². The Hall–Kier alpha value is 0.160. The fraction of sp³-hybridized carbons (Fsp3) is 1.00. The second-order valence-corrected chi connectivity index (χ2v) is 5.97. The van der Waals surface area contributed by atoms with Crippen molar-refractivity contribution >= 4 is 21.6 Å². The fourth-order valence-corrected chi connectivity index (χ4v) is 2.61. The standard InChI is InChI=1S/C10H22ClNO3S/c1-15-9-5-2-4-8-12-16(13,14)10-6-3-7-11/h12H,2-10H2,1H3. The Bertz CT molecular complexity index is 244. The van der Waals surface area contributed by atoms with Crippen LogP contribution in [-0.2, 0) is 14.8 Å². The summed E-state index contributed by atoms with van der Waals surface area (Å²) in [6.07, 6.45) is 4.19. The number of alkyl halides is 1. The predicted molar refractivity (Wildman–Crippen MR) is 67.5 cm³/mol. The van der Waals surface area contributed by atoms with Gasteiger partial charge in [0.1, 0.15) is 0 Å². The van der Waals surface area contributed by atoms with Crippen LogP contribution in [0.3, 0.4) is 0 Å². The quantitative estimate of drug-likeness (QED) is 0.460. The summed E-state index contributed by atoms with van der Waals surface area (Å²) in [6.45, 7) is 1.26. The monoisotopic (exact) mass is 271 g/mol. The highest BCUT2D eigenvalue weighted by molar-refractivity contribution is 7.89.